The lowest BCUT2D eigenvalue weighted by atomic mass is 10.2. The summed E-state index contributed by atoms with van der Waals surface area (Å²) < 4.78 is 0. The quantitative estimate of drug-likeness (QED) is 0.769. The molecule has 4 heteroatoms. The first-order chi connectivity index (χ1) is 6.52. The minimum Gasteiger partial charge on any atom is -0.399 e. The number of anilines is 2. The predicted octanol–water partition coefficient (Wildman–Crippen LogP) is 1.28. The third-order valence-electron chi connectivity index (χ3n) is 1.94. The average Bonchev–Trinajstić information content (AvgIpc) is 2.15. The molecule has 0 bridgehead atoms. The summed E-state index contributed by atoms with van der Waals surface area (Å²) in [5.41, 5.74) is 6.20. The second-order valence-electron chi connectivity index (χ2n) is 3.50. The fraction of sp³-hybridized carbons (Fsp3) is 0.400. The first-order valence-electron chi connectivity index (χ1n) is 4.51. The number of aromatic nitrogens is 1. The van der Waals surface area contributed by atoms with E-state index in [0.717, 1.165) is 0 Å². The number of hydrogen-bond donors (Lipinski definition) is 1. The van der Waals surface area contributed by atoms with Gasteiger partial charge in [0.1, 0.15) is 5.82 Å². The van der Waals surface area contributed by atoms with Crippen molar-refractivity contribution in [3.8, 4) is 0 Å². The van der Waals surface area contributed by atoms with Crippen molar-refractivity contribution < 1.29 is 4.79 Å². The highest BCUT2D eigenvalue weighted by molar-refractivity contribution is 5.93. The van der Waals surface area contributed by atoms with Gasteiger partial charge in [-0.05, 0) is 6.07 Å². The molecule has 0 atom stereocenters. The second-order valence-corrected chi connectivity index (χ2v) is 3.50. The molecule has 0 saturated carbocycles. The Labute approximate surface area is 83.7 Å². The number of amides is 1. The number of nitrogens with two attached hydrogens (primary N) is 1. The Morgan fingerprint density at radius 1 is 1.57 bits per heavy atom. The molecule has 0 radical (unpaired) electrons. The van der Waals surface area contributed by atoms with Gasteiger partial charge in [-0.2, -0.15) is 0 Å². The van der Waals surface area contributed by atoms with E-state index in [1.54, 1.807) is 25.4 Å². The van der Waals surface area contributed by atoms with Gasteiger partial charge in [-0.1, -0.05) is 13.8 Å². The van der Waals surface area contributed by atoms with E-state index in [0.29, 0.717) is 11.5 Å². The third-order valence-corrected chi connectivity index (χ3v) is 1.94. The van der Waals surface area contributed by atoms with Crippen molar-refractivity contribution in [2.75, 3.05) is 17.7 Å². The number of rotatable bonds is 2. The first kappa shape index (κ1) is 10.5. The van der Waals surface area contributed by atoms with E-state index in [9.17, 15) is 4.79 Å². The predicted molar refractivity (Wildman–Crippen MR) is 56.9 cm³/mol. The van der Waals surface area contributed by atoms with Crippen molar-refractivity contribution >= 4 is 17.4 Å². The van der Waals surface area contributed by atoms with Gasteiger partial charge < -0.3 is 5.73 Å². The molecule has 0 spiro atoms. The molecule has 1 amide bonds. The highest BCUT2D eigenvalue weighted by Gasteiger charge is 2.15. The number of carbonyl (C=O) groups excluding carboxylic acids is 1. The summed E-state index contributed by atoms with van der Waals surface area (Å²) in [4.78, 5) is 17.2. The topological polar surface area (TPSA) is 59.2 Å². The maximum Gasteiger partial charge on any atom is 0.230 e. The maximum absolute atomic E-state index is 11.6. The highest BCUT2D eigenvalue weighted by atomic mass is 16.2. The Hall–Kier alpha value is -1.58. The Morgan fingerprint density at radius 2 is 2.21 bits per heavy atom. The molecule has 0 fully saturated rings. The lowest BCUT2D eigenvalue weighted by Gasteiger charge is -2.18. The van der Waals surface area contributed by atoms with E-state index < -0.39 is 0 Å². The third kappa shape index (κ3) is 2.22. The molecular weight excluding hydrogens is 178 g/mol. The fourth-order valence-electron chi connectivity index (χ4n) is 1.12. The van der Waals surface area contributed by atoms with Crippen LogP contribution >= 0.6 is 0 Å². The van der Waals surface area contributed by atoms with Crippen LogP contribution in [-0.2, 0) is 4.79 Å². The van der Waals surface area contributed by atoms with Crippen LogP contribution in [0.3, 0.4) is 0 Å². The summed E-state index contributed by atoms with van der Waals surface area (Å²) in [5, 5.41) is 0. The summed E-state index contributed by atoms with van der Waals surface area (Å²) in [7, 11) is 1.70. The van der Waals surface area contributed by atoms with Crippen molar-refractivity contribution in [3.63, 3.8) is 0 Å². The van der Waals surface area contributed by atoms with Crippen molar-refractivity contribution in [2.24, 2.45) is 5.92 Å². The van der Waals surface area contributed by atoms with Crippen LogP contribution in [0, 0.1) is 5.92 Å². The maximum atomic E-state index is 11.6. The van der Waals surface area contributed by atoms with Crippen LogP contribution in [0.4, 0.5) is 11.5 Å². The van der Waals surface area contributed by atoms with E-state index in [4.69, 9.17) is 5.73 Å². The molecule has 0 saturated heterocycles. The highest BCUT2D eigenvalue weighted by Crippen LogP contribution is 2.14. The van der Waals surface area contributed by atoms with Crippen molar-refractivity contribution in [1.82, 2.24) is 4.98 Å². The van der Waals surface area contributed by atoms with Gasteiger partial charge in [0.15, 0.2) is 0 Å². The minimum atomic E-state index is -0.0387. The number of nitrogens with zero attached hydrogens (tertiary/aromatic N) is 2. The molecule has 1 rings (SSSR count). The molecule has 14 heavy (non-hydrogen) atoms. The van der Waals surface area contributed by atoms with Crippen molar-refractivity contribution in [3.05, 3.63) is 18.3 Å². The molecule has 0 aliphatic rings. The first-order valence-corrected chi connectivity index (χ1v) is 4.51. The summed E-state index contributed by atoms with van der Waals surface area (Å²) in [6.07, 6.45) is 1.59. The molecule has 76 valence electrons. The van der Waals surface area contributed by atoms with Crippen LogP contribution < -0.4 is 10.6 Å². The Balaban J connectivity index is 2.89. The second kappa shape index (κ2) is 4.09. The van der Waals surface area contributed by atoms with Crippen molar-refractivity contribution in [1.29, 1.82) is 0 Å². The van der Waals surface area contributed by atoms with Gasteiger partial charge in [0.2, 0.25) is 5.91 Å². The molecule has 2 N–H and O–H groups in total. The van der Waals surface area contributed by atoms with E-state index in [1.165, 1.54) is 4.90 Å². The number of carbonyl (C=O) groups is 1. The summed E-state index contributed by atoms with van der Waals surface area (Å²) in [6.45, 7) is 3.70. The zero-order chi connectivity index (χ0) is 10.7. The van der Waals surface area contributed by atoms with Crippen LogP contribution in [0.25, 0.3) is 0 Å². The van der Waals surface area contributed by atoms with Crippen LogP contribution in [0.15, 0.2) is 18.3 Å². The Morgan fingerprint density at radius 3 is 2.71 bits per heavy atom. The Kier molecular flexibility index (Phi) is 3.06. The molecule has 1 heterocycles. The van der Waals surface area contributed by atoms with Gasteiger partial charge >= 0.3 is 0 Å². The number of hydrogen-bond acceptors (Lipinski definition) is 3. The summed E-state index contributed by atoms with van der Waals surface area (Å²) in [6, 6.07) is 3.37. The molecule has 0 aliphatic heterocycles. The van der Waals surface area contributed by atoms with Crippen LogP contribution in [0.2, 0.25) is 0 Å². The summed E-state index contributed by atoms with van der Waals surface area (Å²) in [5.74, 6) is 0.579. The Bertz CT molecular complexity index is 336. The van der Waals surface area contributed by atoms with Crippen LogP contribution in [0.5, 0.6) is 0 Å². The smallest absolute Gasteiger partial charge is 0.230 e. The number of pyridine rings is 1. The van der Waals surface area contributed by atoms with Gasteiger partial charge in [0, 0.05) is 30.9 Å². The number of nitrogen functional groups attached to an aromatic ring is 1. The monoisotopic (exact) mass is 193 g/mol. The summed E-state index contributed by atoms with van der Waals surface area (Å²) >= 11 is 0. The molecule has 1 aromatic heterocycles. The lowest BCUT2D eigenvalue weighted by Crippen LogP contribution is -2.30. The molecular formula is C10H15N3O. The van der Waals surface area contributed by atoms with Gasteiger partial charge in [0.05, 0.1) is 0 Å². The molecule has 0 aromatic carbocycles. The van der Waals surface area contributed by atoms with Gasteiger partial charge in [-0.15, -0.1) is 0 Å². The standard InChI is InChI=1S/C10H15N3O/c1-7(2)10(14)13(3)9-6-8(11)4-5-12-9/h4-7H,1-3H3,(H2,11,12). The minimum absolute atomic E-state index is 0.0306. The fourth-order valence-corrected chi connectivity index (χ4v) is 1.12. The lowest BCUT2D eigenvalue weighted by molar-refractivity contribution is -0.121. The van der Waals surface area contributed by atoms with Crippen molar-refractivity contribution in [2.45, 2.75) is 13.8 Å². The van der Waals surface area contributed by atoms with E-state index in [-0.39, 0.29) is 11.8 Å². The zero-order valence-electron chi connectivity index (χ0n) is 8.69. The SMILES string of the molecule is CC(C)C(=O)N(C)c1cc(N)ccn1. The average molecular weight is 193 g/mol. The van der Waals surface area contributed by atoms with Gasteiger partial charge in [-0.3, -0.25) is 9.69 Å². The van der Waals surface area contributed by atoms with Gasteiger partial charge in [-0.25, -0.2) is 4.98 Å². The van der Waals surface area contributed by atoms with E-state index in [2.05, 4.69) is 4.98 Å². The van der Waals surface area contributed by atoms with Crippen LogP contribution in [-0.4, -0.2) is 17.9 Å². The molecule has 0 unspecified atom stereocenters. The zero-order valence-corrected chi connectivity index (χ0v) is 8.69. The molecule has 0 aliphatic carbocycles. The van der Waals surface area contributed by atoms with E-state index >= 15 is 0 Å². The molecule has 4 nitrogen and oxygen atoms in total. The largest absolute Gasteiger partial charge is 0.399 e. The van der Waals surface area contributed by atoms with E-state index in [1.807, 2.05) is 13.8 Å². The normalized spacial score (nSPS) is 10.3. The molecule has 1 aromatic rings. The van der Waals surface area contributed by atoms with Crippen LogP contribution in [0.1, 0.15) is 13.8 Å². The van der Waals surface area contributed by atoms with Gasteiger partial charge in [0.25, 0.3) is 0 Å².